The van der Waals surface area contributed by atoms with E-state index in [0.717, 1.165) is 22.6 Å². The summed E-state index contributed by atoms with van der Waals surface area (Å²) in [6.07, 6.45) is -0.579. The average molecular weight is 256 g/mol. The van der Waals surface area contributed by atoms with Gasteiger partial charge < -0.3 is 14.6 Å². The quantitative estimate of drug-likeness (QED) is 0.846. The Labute approximate surface area is 112 Å². The van der Waals surface area contributed by atoms with Crippen LogP contribution in [-0.2, 0) is 0 Å². The molecular formula is C16H16O3. The van der Waals surface area contributed by atoms with Crippen LogP contribution < -0.4 is 9.47 Å². The van der Waals surface area contributed by atoms with Gasteiger partial charge in [-0.05, 0) is 24.3 Å². The molecule has 0 spiro atoms. The molecule has 2 aromatic rings. The maximum absolute atomic E-state index is 10.5. The van der Waals surface area contributed by atoms with Gasteiger partial charge in [-0.15, -0.1) is 0 Å². The maximum atomic E-state index is 10.5. The third-order valence-electron chi connectivity index (χ3n) is 3.64. The summed E-state index contributed by atoms with van der Waals surface area (Å²) < 4.78 is 11.2. The van der Waals surface area contributed by atoms with Crippen molar-refractivity contribution < 1.29 is 14.6 Å². The number of para-hydroxylation sites is 1. The number of aliphatic hydroxyl groups is 1. The van der Waals surface area contributed by atoms with Crippen molar-refractivity contribution in [3.05, 3.63) is 53.6 Å². The van der Waals surface area contributed by atoms with E-state index >= 15 is 0 Å². The molecule has 0 bridgehead atoms. The van der Waals surface area contributed by atoms with E-state index in [1.807, 2.05) is 49.4 Å². The lowest BCUT2D eigenvalue weighted by molar-refractivity contribution is 0.152. The summed E-state index contributed by atoms with van der Waals surface area (Å²) in [4.78, 5) is 0. The Morgan fingerprint density at radius 1 is 1.05 bits per heavy atom. The van der Waals surface area contributed by atoms with Gasteiger partial charge in [0.25, 0.3) is 0 Å². The number of benzene rings is 2. The molecule has 19 heavy (non-hydrogen) atoms. The summed E-state index contributed by atoms with van der Waals surface area (Å²) in [6, 6.07) is 13.3. The molecule has 1 aliphatic heterocycles. The molecule has 0 radical (unpaired) electrons. The Bertz CT molecular complexity index is 607. The van der Waals surface area contributed by atoms with Gasteiger partial charge in [0.2, 0.25) is 0 Å². The van der Waals surface area contributed by atoms with Crippen LogP contribution in [0.4, 0.5) is 0 Å². The van der Waals surface area contributed by atoms with Crippen molar-refractivity contribution in [1.82, 2.24) is 0 Å². The van der Waals surface area contributed by atoms with Crippen LogP contribution in [0.2, 0.25) is 0 Å². The first-order valence-corrected chi connectivity index (χ1v) is 6.33. The molecule has 2 aromatic carbocycles. The fourth-order valence-corrected chi connectivity index (χ4v) is 2.48. The lowest BCUT2D eigenvalue weighted by Gasteiger charge is -2.18. The van der Waals surface area contributed by atoms with Gasteiger partial charge in [0, 0.05) is 17.0 Å². The van der Waals surface area contributed by atoms with Crippen molar-refractivity contribution in [3.8, 4) is 17.2 Å². The van der Waals surface area contributed by atoms with Gasteiger partial charge in [-0.3, -0.25) is 0 Å². The molecule has 0 aromatic heterocycles. The van der Waals surface area contributed by atoms with Gasteiger partial charge in [0.1, 0.15) is 17.2 Å². The Morgan fingerprint density at radius 3 is 2.58 bits per heavy atom. The smallest absolute Gasteiger partial charge is 0.133 e. The molecule has 1 N–H and O–H groups in total. The van der Waals surface area contributed by atoms with E-state index in [4.69, 9.17) is 9.47 Å². The number of aliphatic hydroxyl groups excluding tert-OH is 1. The van der Waals surface area contributed by atoms with Crippen molar-refractivity contribution >= 4 is 0 Å². The Hall–Kier alpha value is -2.00. The fourth-order valence-electron chi connectivity index (χ4n) is 2.48. The number of rotatable bonds is 1. The van der Waals surface area contributed by atoms with Crippen LogP contribution in [0, 0.1) is 0 Å². The van der Waals surface area contributed by atoms with Crippen molar-refractivity contribution in [2.24, 2.45) is 0 Å². The van der Waals surface area contributed by atoms with Crippen LogP contribution in [0.15, 0.2) is 42.5 Å². The van der Waals surface area contributed by atoms with Crippen LogP contribution in [0.5, 0.6) is 17.2 Å². The predicted molar refractivity (Wildman–Crippen MR) is 72.9 cm³/mol. The third-order valence-corrected chi connectivity index (χ3v) is 3.64. The van der Waals surface area contributed by atoms with E-state index in [2.05, 4.69) is 0 Å². The fraction of sp³-hybridized carbons (Fsp3) is 0.250. The molecule has 1 heterocycles. The molecule has 0 aliphatic carbocycles. The molecule has 0 saturated heterocycles. The lowest BCUT2D eigenvalue weighted by atomic mass is 9.91. The van der Waals surface area contributed by atoms with Gasteiger partial charge in [0.15, 0.2) is 0 Å². The first-order valence-electron chi connectivity index (χ1n) is 6.33. The molecule has 3 nitrogen and oxygen atoms in total. The summed E-state index contributed by atoms with van der Waals surface area (Å²) >= 11 is 0. The number of fused-ring (bicyclic) bond motifs is 2. The van der Waals surface area contributed by atoms with Crippen LogP contribution in [0.25, 0.3) is 0 Å². The summed E-state index contributed by atoms with van der Waals surface area (Å²) in [6.45, 7) is 1.99. The van der Waals surface area contributed by atoms with Gasteiger partial charge in [0.05, 0.1) is 13.2 Å². The van der Waals surface area contributed by atoms with E-state index in [0.29, 0.717) is 5.75 Å². The third kappa shape index (κ3) is 1.96. The normalized spacial score (nSPS) is 20.8. The van der Waals surface area contributed by atoms with E-state index in [9.17, 15) is 5.11 Å². The van der Waals surface area contributed by atoms with E-state index < -0.39 is 6.10 Å². The minimum atomic E-state index is -0.579. The molecule has 2 atom stereocenters. The number of hydrogen-bond donors (Lipinski definition) is 1. The van der Waals surface area contributed by atoms with E-state index in [1.54, 1.807) is 7.11 Å². The number of hydrogen-bond acceptors (Lipinski definition) is 3. The highest BCUT2D eigenvalue weighted by atomic mass is 16.5. The molecular weight excluding hydrogens is 240 g/mol. The summed E-state index contributed by atoms with van der Waals surface area (Å²) in [5.41, 5.74) is 1.79. The van der Waals surface area contributed by atoms with Gasteiger partial charge in [-0.1, -0.05) is 25.1 Å². The molecule has 1 aliphatic rings. The Morgan fingerprint density at radius 2 is 1.79 bits per heavy atom. The van der Waals surface area contributed by atoms with Crippen molar-refractivity contribution in [1.29, 1.82) is 0 Å². The molecule has 3 rings (SSSR count). The highest BCUT2D eigenvalue weighted by Crippen LogP contribution is 2.45. The SMILES string of the molecule is COc1ccc2c(c1)C(C)C(O)c1ccccc1O2. The van der Waals surface area contributed by atoms with Gasteiger partial charge in [-0.25, -0.2) is 0 Å². The molecule has 0 saturated carbocycles. The second-order valence-corrected chi connectivity index (χ2v) is 4.78. The number of methoxy groups -OCH3 is 1. The highest BCUT2D eigenvalue weighted by Gasteiger charge is 2.28. The highest BCUT2D eigenvalue weighted by molar-refractivity contribution is 5.50. The zero-order chi connectivity index (χ0) is 13.4. The minimum Gasteiger partial charge on any atom is -0.497 e. The van der Waals surface area contributed by atoms with Crippen molar-refractivity contribution in [3.63, 3.8) is 0 Å². The maximum Gasteiger partial charge on any atom is 0.133 e. The van der Waals surface area contributed by atoms with Crippen LogP contribution >= 0.6 is 0 Å². The first kappa shape index (κ1) is 12.1. The molecule has 3 heteroatoms. The topological polar surface area (TPSA) is 38.7 Å². The molecule has 2 unspecified atom stereocenters. The predicted octanol–water partition coefficient (Wildman–Crippen LogP) is 3.64. The monoisotopic (exact) mass is 256 g/mol. The van der Waals surface area contributed by atoms with Gasteiger partial charge in [-0.2, -0.15) is 0 Å². The lowest BCUT2D eigenvalue weighted by Crippen LogP contribution is -2.06. The number of ether oxygens (including phenoxy) is 2. The molecule has 0 fully saturated rings. The molecule has 0 amide bonds. The van der Waals surface area contributed by atoms with Crippen LogP contribution in [0.1, 0.15) is 30.1 Å². The van der Waals surface area contributed by atoms with Crippen LogP contribution in [-0.4, -0.2) is 12.2 Å². The standard InChI is InChI=1S/C16H16O3/c1-10-13-9-11(18-2)7-8-15(13)19-14-6-4-3-5-12(14)16(10)17/h3-10,16-17H,1-2H3. The second-order valence-electron chi connectivity index (χ2n) is 4.78. The van der Waals surface area contributed by atoms with E-state index in [-0.39, 0.29) is 5.92 Å². The summed E-state index contributed by atoms with van der Waals surface area (Å²) in [5, 5.41) is 10.5. The Balaban J connectivity index is 2.16. The van der Waals surface area contributed by atoms with Crippen LogP contribution in [0.3, 0.4) is 0 Å². The first-order chi connectivity index (χ1) is 9.20. The average Bonchev–Trinajstić information content (AvgIpc) is 2.56. The zero-order valence-corrected chi connectivity index (χ0v) is 11.0. The Kier molecular flexibility index (Phi) is 2.91. The largest absolute Gasteiger partial charge is 0.497 e. The van der Waals surface area contributed by atoms with Gasteiger partial charge >= 0.3 is 0 Å². The second kappa shape index (κ2) is 4.59. The van der Waals surface area contributed by atoms with Crippen molar-refractivity contribution in [2.75, 3.05) is 7.11 Å². The van der Waals surface area contributed by atoms with Crippen molar-refractivity contribution in [2.45, 2.75) is 18.9 Å². The van der Waals surface area contributed by atoms with E-state index in [1.165, 1.54) is 0 Å². The summed E-state index contributed by atoms with van der Waals surface area (Å²) in [5.74, 6) is 2.21. The minimum absolute atomic E-state index is 0.0475. The zero-order valence-electron chi connectivity index (χ0n) is 11.0. The molecule has 98 valence electrons. The summed E-state index contributed by atoms with van der Waals surface area (Å²) in [7, 11) is 1.63.